The summed E-state index contributed by atoms with van der Waals surface area (Å²) < 4.78 is 10.2. The summed E-state index contributed by atoms with van der Waals surface area (Å²) in [5.74, 6) is 1.53. The summed E-state index contributed by atoms with van der Waals surface area (Å²) in [6.45, 7) is 0.131. The van der Waals surface area contributed by atoms with Crippen LogP contribution >= 0.6 is 0 Å². The molecule has 0 fully saturated rings. The second-order valence-corrected chi connectivity index (χ2v) is 4.67. The molecule has 0 amide bonds. The summed E-state index contributed by atoms with van der Waals surface area (Å²) in [5.41, 5.74) is 5.57. The molecule has 6 heteroatoms. The van der Waals surface area contributed by atoms with E-state index in [0.29, 0.717) is 5.75 Å². The van der Waals surface area contributed by atoms with Gasteiger partial charge in [0.05, 0.1) is 0 Å². The fourth-order valence-corrected chi connectivity index (χ4v) is 2.01. The van der Waals surface area contributed by atoms with Crippen molar-refractivity contribution in [1.82, 2.24) is 4.98 Å². The summed E-state index contributed by atoms with van der Waals surface area (Å²) in [7, 11) is 1.53. The van der Waals surface area contributed by atoms with Gasteiger partial charge in [-0.05, 0) is 23.8 Å². The van der Waals surface area contributed by atoms with Crippen LogP contribution in [0.15, 0.2) is 24.4 Å². The molecule has 0 saturated carbocycles. The molecule has 21 heavy (non-hydrogen) atoms. The fourth-order valence-electron chi connectivity index (χ4n) is 2.01. The van der Waals surface area contributed by atoms with Crippen LogP contribution in [-0.2, 0) is 16.0 Å². The normalized spacial score (nSPS) is 13.6. The van der Waals surface area contributed by atoms with Crippen LogP contribution in [0.1, 0.15) is 5.56 Å². The Bertz CT molecular complexity index is 701. The highest BCUT2D eigenvalue weighted by atomic mass is 16.7. The molecule has 1 aromatic carbocycles. The minimum atomic E-state index is -1.74. The predicted octanol–water partition coefficient (Wildman–Crippen LogP) is 1.11. The SMILES string of the molecule is C#CC(N)(Cc1c[nH]c2ccc(OCOC)cc12)C(=O)O. The van der Waals surface area contributed by atoms with Gasteiger partial charge in [0.15, 0.2) is 12.3 Å². The molecule has 0 radical (unpaired) electrons. The van der Waals surface area contributed by atoms with Crippen molar-refractivity contribution in [2.45, 2.75) is 12.0 Å². The number of aliphatic carboxylic acids is 1. The Kier molecular flexibility index (Phi) is 4.17. The number of benzene rings is 1. The highest BCUT2D eigenvalue weighted by molar-refractivity contribution is 5.88. The molecule has 1 unspecified atom stereocenters. The highest BCUT2D eigenvalue weighted by Gasteiger charge is 2.32. The molecule has 0 aliphatic rings. The molecule has 110 valence electrons. The number of carboxylic acid groups (broad SMARTS) is 1. The van der Waals surface area contributed by atoms with E-state index in [9.17, 15) is 4.79 Å². The standard InChI is InChI=1S/C15H16N2O4/c1-3-15(16,14(18)19)7-10-8-17-13-5-4-11(6-12(10)13)21-9-20-2/h1,4-6,8,17H,7,9,16H2,2H3,(H,18,19). The van der Waals surface area contributed by atoms with Crippen molar-refractivity contribution in [3.05, 3.63) is 30.0 Å². The van der Waals surface area contributed by atoms with Crippen LogP contribution in [0.2, 0.25) is 0 Å². The molecule has 0 aliphatic heterocycles. The zero-order valence-corrected chi connectivity index (χ0v) is 11.6. The van der Waals surface area contributed by atoms with Gasteiger partial charge in [-0.2, -0.15) is 0 Å². The van der Waals surface area contributed by atoms with E-state index in [0.717, 1.165) is 16.5 Å². The molecular weight excluding hydrogens is 272 g/mol. The van der Waals surface area contributed by atoms with Gasteiger partial charge < -0.3 is 25.3 Å². The van der Waals surface area contributed by atoms with E-state index in [-0.39, 0.29) is 13.2 Å². The van der Waals surface area contributed by atoms with Crippen molar-refractivity contribution in [1.29, 1.82) is 0 Å². The number of methoxy groups -OCH3 is 1. The van der Waals surface area contributed by atoms with Gasteiger partial charge in [0.25, 0.3) is 0 Å². The Labute approximate surface area is 121 Å². The second-order valence-electron chi connectivity index (χ2n) is 4.67. The Morgan fingerprint density at radius 2 is 2.33 bits per heavy atom. The maximum Gasteiger partial charge on any atom is 0.336 e. The van der Waals surface area contributed by atoms with Crippen LogP contribution in [-0.4, -0.2) is 35.5 Å². The number of fused-ring (bicyclic) bond motifs is 1. The smallest absolute Gasteiger partial charge is 0.336 e. The molecular formula is C15H16N2O4. The van der Waals surface area contributed by atoms with E-state index in [1.807, 2.05) is 6.07 Å². The van der Waals surface area contributed by atoms with Gasteiger partial charge in [-0.15, -0.1) is 6.42 Å². The number of rotatable bonds is 6. The summed E-state index contributed by atoms with van der Waals surface area (Å²) in [6.07, 6.45) is 6.98. The first-order chi connectivity index (χ1) is 10.00. The zero-order valence-electron chi connectivity index (χ0n) is 11.6. The maximum atomic E-state index is 11.2. The lowest BCUT2D eigenvalue weighted by atomic mass is 9.92. The number of terminal acetylenes is 1. The van der Waals surface area contributed by atoms with Crippen molar-refractivity contribution < 1.29 is 19.4 Å². The van der Waals surface area contributed by atoms with Crippen LogP contribution in [0, 0.1) is 12.3 Å². The molecule has 0 spiro atoms. The number of carbonyl (C=O) groups is 1. The molecule has 2 rings (SSSR count). The van der Waals surface area contributed by atoms with E-state index in [1.165, 1.54) is 7.11 Å². The second kappa shape index (κ2) is 5.87. The van der Waals surface area contributed by atoms with E-state index in [1.54, 1.807) is 18.3 Å². The number of aromatic nitrogens is 1. The monoisotopic (exact) mass is 288 g/mol. The molecule has 2 aromatic rings. The third-order valence-electron chi connectivity index (χ3n) is 3.19. The van der Waals surface area contributed by atoms with Gasteiger partial charge in [-0.3, -0.25) is 0 Å². The number of hydrogen-bond acceptors (Lipinski definition) is 4. The number of nitrogens with two attached hydrogens (primary N) is 1. The average Bonchev–Trinajstić information content (AvgIpc) is 2.87. The first kappa shape index (κ1) is 14.9. The van der Waals surface area contributed by atoms with Crippen molar-refractivity contribution >= 4 is 16.9 Å². The van der Waals surface area contributed by atoms with Gasteiger partial charge in [-0.25, -0.2) is 4.79 Å². The fraction of sp³-hybridized carbons (Fsp3) is 0.267. The van der Waals surface area contributed by atoms with Crippen molar-refractivity contribution in [2.24, 2.45) is 5.73 Å². The molecule has 0 bridgehead atoms. The molecule has 0 saturated heterocycles. The lowest BCUT2D eigenvalue weighted by Gasteiger charge is -2.17. The third kappa shape index (κ3) is 2.99. The maximum absolute atomic E-state index is 11.2. The van der Waals surface area contributed by atoms with E-state index in [4.69, 9.17) is 26.7 Å². The minimum Gasteiger partial charge on any atom is -0.479 e. The largest absolute Gasteiger partial charge is 0.479 e. The number of H-pyrrole nitrogens is 1. The quantitative estimate of drug-likeness (QED) is 0.546. The van der Waals surface area contributed by atoms with Gasteiger partial charge in [-0.1, -0.05) is 5.92 Å². The van der Waals surface area contributed by atoms with Crippen LogP contribution in [0.25, 0.3) is 10.9 Å². The van der Waals surface area contributed by atoms with E-state index in [2.05, 4.69) is 10.9 Å². The van der Waals surface area contributed by atoms with Gasteiger partial charge in [0.1, 0.15) is 5.75 Å². The number of aromatic amines is 1. The molecule has 6 nitrogen and oxygen atoms in total. The molecule has 1 heterocycles. The Morgan fingerprint density at radius 1 is 1.57 bits per heavy atom. The summed E-state index contributed by atoms with van der Waals surface area (Å²) >= 11 is 0. The van der Waals surface area contributed by atoms with E-state index < -0.39 is 11.5 Å². The predicted molar refractivity (Wildman–Crippen MR) is 77.9 cm³/mol. The van der Waals surface area contributed by atoms with Crippen molar-refractivity contribution in [3.63, 3.8) is 0 Å². The van der Waals surface area contributed by atoms with Gasteiger partial charge in [0.2, 0.25) is 0 Å². The Morgan fingerprint density at radius 3 is 2.95 bits per heavy atom. The third-order valence-corrected chi connectivity index (χ3v) is 3.19. The summed E-state index contributed by atoms with van der Waals surface area (Å²) in [5, 5.41) is 9.97. The van der Waals surface area contributed by atoms with Crippen LogP contribution in [0.5, 0.6) is 5.75 Å². The lowest BCUT2D eigenvalue weighted by Crippen LogP contribution is -2.48. The molecule has 4 N–H and O–H groups in total. The number of ether oxygens (including phenoxy) is 2. The molecule has 1 atom stereocenters. The number of carboxylic acids is 1. The minimum absolute atomic E-state index is 0.0204. The van der Waals surface area contributed by atoms with Crippen LogP contribution in [0.4, 0.5) is 0 Å². The Hall–Kier alpha value is -2.49. The summed E-state index contributed by atoms with van der Waals surface area (Å²) in [4.78, 5) is 14.3. The van der Waals surface area contributed by atoms with Crippen LogP contribution in [0.3, 0.4) is 0 Å². The topological polar surface area (TPSA) is 97.6 Å². The number of nitrogens with one attached hydrogen (secondary N) is 1. The number of hydrogen-bond donors (Lipinski definition) is 3. The molecule has 1 aromatic heterocycles. The van der Waals surface area contributed by atoms with Gasteiger partial charge in [0, 0.05) is 30.6 Å². The average molecular weight is 288 g/mol. The van der Waals surface area contributed by atoms with Gasteiger partial charge >= 0.3 is 5.97 Å². The van der Waals surface area contributed by atoms with Crippen molar-refractivity contribution in [2.75, 3.05) is 13.9 Å². The molecule has 0 aliphatic carbocycles. The van der Waals surface area contributed by atoms with Crippen LogP contribution < -0.4 is 10.5 Å². The van der Waals surface area contributed by atoms with Crippen molar-refractivity contribution in [3.8, 4) is 18.1 Å². The summed E-state index contributed by atoms with van der Waals surface area (Å²) in [6, 6.07) is 5.41. The van der Waals surface area contributed by atoms with E-state index >= 15 is 0 Å². The first-order valence-corrected chi connectivity index (χ1v) is 6.22. The highest BCUT2D eigenvalue weighted by Crippen LogP contribution is 2.26. The zero-order chi connectivity index (χ0) is 15.5. The Balaban J connectivity index is 2.36. The lowest BCUT2D eigenvalue weighted by molar-refractivity contribution is -0.141. The first-order valence-electron chi connectivity index (χ1n) is 6.22.